The Morgan fingerprint density at radius 1 is 1.00 bits per heavy atom. The summed E-state index contributed by atoms with van der Waals surface area (Å²) in [6.45, 7) is 0. The van der Waals surface area contributed by atoms with Crippen LogP contribution in [-0.4, -0.2) is 22.2 Å². The summed E-state index contributed by atoms with van der Waals surface area (Å²) in [4.78, 5) is 10.7. The largest absolute Gasteiger partial charge is 0.457 e. The lowest BCUT2D eigenvalue weighted by Gasteiger charge is -2.17. The Balaban J connectivity index is 2.03. The first-order valence-electron chi connectivity index (χ1n) is 6.53. The van der Waals surface area contributed by atoms with Crippen LogP contribution in [0.1, 0.15) is 18.1 Å². The van der Waals surface area contributed by atoms with Crippen LogP contribution in [0.3, 0.4) is 0 Å². The molecule has 0 spiro atoms. The Labute approximate surface area is 122 Å². The molecule has 0 aliphatic heterocycles. The highest BCUT2D eigenvalue weighted by Gasteiger charge is 2.20. The summed E-state index contributed by atoms with van der Waals surface area (Å²) in [5.74, 6) is 0.659. The third kappa shape index (κ3) is 4.30. The van der Waals surface area contributed by atoms with E-state index in [0.717, 1.165) is 0 Å². The van der Waals surface area contributed by atoms with Gasteiger partial charge in [-0.3, -0.25) is 4.79 Å². The summed E-state index contributed by atoms with van der Waals surface area (Å²) in [6, 6.07) is 15.9. The van der Waals surface area contributed by atoms with Crippen LogP contribution in [0.25, 0.3) is 0 Å². The molecule has 1 amide bonds. The van der Waals surface area contributed by atoms with Crippen molar-refractivity contribution in [2.24, 2.45) is 5.73 Å². The summed E-state index contributed by atoms with van der Waals surface area (Å²) in [5, 5.41) is 19.6. The Kier molecular flexibility index (Phi) is 4.92. The number of hydrogen-bond donors (Lipinski definition) is 3. The van der Waals surface area contributed by atoms with Crippen LogP contribution in [0.5, 0.6) is 11.5 Å². The van der Waals surface area contributed by atoms with Crippen molar-refractivity contribution in [1.29, 1.82) is 0 Å². The highest BCUT2D eigenvalue weighted by Crippen LogP contribution is 2.25. The second kappa shape index (κ2) is 6.88. The molecule has 2 unspecified atom stereocenters. The van der Waals surface area contributed by atoms with Crippen LogP contribution in [0.15, 0.2) is 54.6 Å². The average Bonchev–Trinajstić information content (AvgIpc) is 2.47. The number of hydrogen-bond acceptors (Lipinski definition) is 4. The first-order chi connectivity index (χ1) is 10.1. The van der Waals surface area contributed by atoms with Gasteiger partial charge in [0.05, 0.1) is 12.5 Å². The van der Waals surface area contributed by atoms with E-state index in [9.17, 15) is 15.0 Å². The summed E-state index contributed by atoms with van der Waals surface area (Å²) in [5.41, 5.74) is 5.48. The Morgan fingerprint density at radius 2 is 1.57 bits per heavy atom. The number of nitrogens with two attached hydrogens (primary N) is 1. The molecule has 0 heterocycles. The first kappa shape index (κ1) is 15.0. The normalized spacial score (nSPS) is 13.4. The number of rotatable bonds is 6. The van der Waals surface area contributed by atoms with Gasteiger partial charge in [-0.25, -0.2) is 0 Å². The average molecular weight is 287 g/mol. The van der Waals surface area contributed by atoms with Gasteiger partial charge in [0.1, 0.15) is 17.6 Å². The quantitative estimate of drug-likeness (QED) is 0.754. The van der Waals surface area contributed by atoms with E-state index in [1.54, 1.807) is 24.3 Å². The molecule has 2 aromatic rings. The molecule has 0 aliphatic rings. The van der Waals surface area contributed by atoms with Gasteiger partial charge in [-0.1, -0.05) is 30.3 Å². The standard InChI is InChI=1S/C16H17NO4/c17-15(19)10-14(18)16(20)11-6-8-13(9-7-11)21-12-4-2-1-3-5-12/h1-9,14,16,18,20H,10H2,(H2,17,19). The molecule has 110 valence electrons. The number of benzene rings is 2. The number of carbonyl (C=O) groups is 1. The minimum atomic E-state index is -1.22. The molecule has 2 rings (SSSR count). The molecule has 0 saturated carbocycles. The van der Waals surface area contributed by atoms with Gasteiger partial charge in [-0.2, -0.15) is 0 Å². The number of primary amides is 1. The van der Waals surface area contributed by atoms with E-state index in [2.05, 4.69) is 0 Å². The van der Waals surface area contributed by atoms with Gasteiger partial charge >= 0.3 is 0 Å². The molecule has 21 heavy (non-hydrogen) atoms. The van der Waals surface area contributed by atoms with Crippen LogP contribution in [0.4, 0.5) is 0 Å². The maximum absolute atomic E-state index is 10.7. The van der Waals surface area contributed by atoms with Crippen LogP contribution in [0.2, 0.25) is 0 Å². The van der Waals surface area contributed by atoms with Crippen molar-refractivity contribution in [3.8, 4) is 11.5 Å². The van der Waals surface area contributed by atoms with Gasteiger partial charge in [0.15, 0.2) is 0 Å². The van der Waals surface area contributed by atoms with Crippen molar-refractivity contribution < 1.29 is 19.7 Å². The number of carbonyl (C=O) groups excluding carboxylic acids is 1. The second-order valence-electron chi connectivity index (χ2n) is 4.67. The zero-order valence-electron chi connectivity index (χ0n) is 11.3. The van der Waals surface area contributed by atoms with Crippen molar-refractivity contribution in [2.75, 3.05) is 0 Å². The van der Waals surface area contributed by atoms with Crippen molar-refractivity contribution >= 4 is 5.91 Å². The number of amides is 1. The van der Waals surface area contributed by atoms with Crippen LogP contribution in [0, 0.1) is 0 Å². The predicted molar refractivity (Wildman–Crippen MR) is 77.7 cm³/mol. The van der Waals surface area contributed by atoms with Crippen LogP contribution < -0.4 is 10.5 Å². The van der Waals surface area contributed by atoms with E-state index < -0.39 is 18.1 Å². The number of ether oxygens (including phenoxy) is 1. The predicted octanol–water partition coefficient (Wildman–Crippen LogP) is 1.75. The number of para-hydroxylation sites is 1. The van der Waals surface area contributed by atoms with E-state index >= 15 is 0 Å². The molecule has 0 aromatic heterocycles. The SMILES string of the molecule is NC(=O)CC(O)C(O)c1ccc(Oc2ccccc2)cc1. The summed E-state index contributed by atoms with van der Waals surface area (Å²) in [6.07, 6.45) is -2.67. The molecule has 2 aromatic carbocycles. The zero-order valence-corrected chi connectivity index (χ0v) is 11.3. The van der Waals surface area contributed by atoms with Crippen molar-refractivity contribution in [3.63, 3.8) is 0 Å². The minimum Gasteiger partial charge on any atom is -0.457 e. The molecule has 2 atom stereocenters. The molecular formula is C16H17NO4. The number of aliphatic hydroxyl groups is 2. The third-order valence-corrected chi connectivity index (χ3v) is 2.98. The molecule has 5 heteroatoms. The maximum atomic E-state index is 10.7. The van der Waals surface area contributed by atoms with Gasteiger partial charge in [0, 0.05) is 0 Å². The minimum absolute atomic E-state index is 0.288. The fourth-order valence-corrected chi connectivity index (χ4v) is 1.90. The molecule has 5 nitrogen and oxygen atoms in total. The number of aliphatic hydroxyl groups excluding tert-OH is 2. The van der Waals surface area contributed by atoms with Crippen LogP contribution >= 0.6 is 0 Å². The monoisotopic (exact) mass is 287 g/mol. The van der Waals surface area contributed by atoms with E-state index in [1.165, 1.54) is 0 Å². The van der Waals surface area contributed by atoms with Crippen molar-refractivity contribution in [2.45, 2.75) is 18.6 Å². The van der Waals surface area contributed by atoms with Gasteiger partial charge in [0.25, 0.3) is 0 Å². The third-order valence-electron chi connectivity index (χ3n) is 2.98. The van der Waals surface area contributed by atoms with E-state index in [4.69, 9.17) is 10.5 Å². The molecular weight excluding hydrogens is 270 g/mol. The van der Waals surface area contributed by atoms with Gasteiger partial charge in [0.2, 0.25) is 5.91 Å². The molecule has 0 saturated heterocycles. The zero-order chi connectivity index (χ0) is 15.2. The van der Waals surface area contributed by atoms with E-state index in [-0.39, 0.29) is 6.42 Å². The van der Waals surface area contributed by atoms with Crippen LogP contribution in [-0.2, 0) is 4.79 Å². The fraction of sp³-hybridized carbons (Fsp3) is 0.188. The van der Waals surface area contributed by atoms with Gasteiger partial charge in [-0.05, 0) is 29.8 Å². The molecule has 0 fully saturated rings. The van der Waals surface area contributed by atoms with E-state index in [0.29, 0.717) is 17.1 Å². The highest BCUT2D eigenvalue weighted by molar-refractivity contribution is 5.74. The summed E-state index contributed by atoms with van der Waals surface area (Å²) in [7, 11) is 0. The topological polar surface area (TPSA) is 92.8 Å². The Hall–Kier alpha value is -2.37. The van der Waals surface area contributed by atoms with Crippen molar-refractivity contribution in [3.05, 3.63) is 60.2 Å². The second-order valence-corrected chi connectivity index (χ2v) is 4.67. The highest BCUT2D eigenvalue weighted by atomic mass is 16.5. The smallest absolute Gasteiger partial charge is 0.220 e. The summed E-state index contributed by atoms with van der Waals surface area (Å²) < 4.78 is 5.62. The van der Waals surface area contributed by atoms with E-state index in [1.807, 2.05) is 30.3 Å². The van der Waals surface area contributed by atoms with Gasteiger partial charge < -0.3 is 20.7 Å². The molecule has 0 aliphatic carbocycles. The first-order valence-corrected chi connectivity index (χ1v) is 6.53. The summed E-state index contributed by atoms with van der Waals surface area (Å²) >= 11 is 0. The maximum Gasteiger partial charge on any atom is 0.220 e. The van der Waals surface area contributed by atoms with Crippen molar-refractivity contribution in [1.82, 2.24) is 0 Å². The lowest BCUT2D eigenvalue weighted by molar-refractivity contribution is -0.121. The van der Waals surface area contributed by atoms with Gasteiger partial charge in [-0.15, -0.1) is 0 Å². The lowest BCUT2D eigenvalue weighted by atomic mass is 10.0. The fourth-order valence-electron chi connectivity index (χ4n) is 1.90. The molecule has 4 N–H and O–H groups in total. The Morgan fingerprint density at radius 3 is 2.14 bits per heavy atom. The Bertz CT molecular complexity index is 583. The molecule has 0 bridgehead atoms. The lowest BCUT2D eigenvalue weighted by Crippen LogP contribution is -2.25. The molecule has 0 radical (unpaired) electrons.